The lowest BCUT2D eigenvalue weighted by Gasteiger charge is -2.09. The average Bonchev–Trinajstić information content (AvgIpc) is 2.40. The number of hydrogen-bond acceptors (Lipinski definition) is 3. The van der Waals surface area contributed by atoms with Crippen LogP contribution in [0, 0.1) is 15.9 Å². The molecule has 1 N–H and O–H groups in total. The monoisotopic (exact) mass is 358 g/mol. The first kappa shape index (κ1) is 14.7. The number of halogens is 3. The number of nitro benzene ring substituents is 1. The van der Waals surface area contributed by atoms with Crippen molar-refractivity contribution in [1.82, 2.24) is 0 Å². The van der Waals surface area contributed by atoms with Gasteiger partial charge >= 0.3 is 0 Å². The van der Waals surface area contributed by atoms with Crippen molar-refractivity contribution in [1.29, 1.82) is 0 Å². The van der Waals surface area contributed by atoms with Crippen LogP contribution in [0.25, 0.3) is 0 Å². The van der Waals surface area contributed by atoms with Crippen molar-refractivity contribution in [2.45, 2.75) is 6.54 Å². The van der Waals surface area contributed by atoms with Gasteiger partial charge in [0.2, 0.25) is 0 Å². The van der Waals surface area contributed by atoms with Gasteiger partial charge in [0, 0.05) is 22.1 Å². The molecule has 0 saturated heterocycles. The van der Waals surface area contributed by atoms with E-state index in [9.17, 15) is 14.5 Å². The molecule has 2 aromatic rings. The zero-order chi connectivity index (χ0) is 14.7. The summed E-state index contributed by atoms with van der Waals surface area (Å²) in [7, 11) is 0. The van der Waals surface area contributed by atoms with Crippen LogP contribution in [0.15, 0.2) is 40.9 Å². The van der Waals surface area contributed by atoms with Crippen molar-refractivity contribution in [2.75, 3.05) is 5.32 Å². The fourth-order valence-corrected chi connectivity index (χ4v) is 2.30. The molecular weight excluding hydrogens is 351 g/mol. The SMILES string of the molecule is O=[N+]([O-])c1cccc(F)c1NCc1cc(Br)ccc1Cl. The molecule has 2 rings (SSSR count). The molecule has 0 bridgehead atoms. The van der Waals surface area contributed by atoms with Crippen molar-refractivity contribution in [3.8, 4) is 0 Å². The van der Waals surface area contributed by atoms with Crippen LogP contribution in [-0.4, -0.2) is 4.92 Å². The Morgan fingerprint density at radius 3 is 2.80 bits per heavy atom. The summed E-state index contributed by atoms with van der Waals surface area (Å²) in [5, 5.41) is 14.1. The molecule has 0 aliphatic carbocycles. The minimum Gasteiger partial charge on any atom is -0.373 e. The third-order valence-corrected chi connectivity index (χ3v) is 3.51. The van der Waals surface area contributed by atoms with Crippen molar-refractivity contribution in [2.24, 2.45) is 0 Å². The molecule has 0 spiro atoms. The molecule has 104 valence electrons. The molecule has 2 aromatic carbocycles. The summed E-state index contributed by atoms with van der Waals surface area (Å²) in [6.07, 6.45) is 0. The topological polar surface area (TPSA) is 55.2 Å². The van der Waals surface area contributed by atoms with E-state index in [0.29, 0.717) is 10.6 Å². The second-order valence-corrected chi connectivity index (χ2v) is 5.30. The Bertz CT molecular complexity index is 667. The number of para-hydroxylation sites is 1. The lowest BCUT2D eigenvalue weighted by atomic mass is 10.2. The van der Waals surface area contributed by atoms with Gasteiger partial charge in [0.15, 0.2) is 5.82 Å². The van der Waals surface area contributed by atoms with E-state index in [-0.39, 0.29) is 17.9 Å². The Morgan fingerprint density at radius 1 is 1.35 bits per heavy atom. The molecule has 0 aromatic heterocycles. The van der Waals surface area contributed by atoms with Crippen LogP contribution in [0.3, 0.4) is 0 Å². The summed E-state index contributed by atoms with van der Waals surface area (Å²) in [5.41, 5.74) is 0.253. The van der Waals surface area contributed by atoms with E-state index in [0.717, 1.165) is 10.5 Å². The third-order valence-electron chi connectivity index (χ3n) is 2.65. The van der Waals surface area contributed by atoms with Gasteiger partial charge < -0.3 is 5.32 Å². The van der Waals surface area contributed by atoms with E-state index in [2.05, 4.69) is 21.2 Å². The number of nitrogens with one attached hydrogen (secondary N) is 1. The van der Waals surface area contributed by atoms with E-state index in [1.165, 1.54) is 12.1 Å². The first-order valence-corrected chi connectivity index (χ1v) is 6.77. The van der Waals surface area contributed by atoms with Gasteiger partial charge in [-0.1, -0.05) is 33.6 Å². The Labute approximate surface area is 127 Å². The summed E-state index contributed by atoms with van der Waals surface area (Å²) < 4.78 is 14.5. The first-order chi connectivity index (χ1) is 9.49. The summed E-state index contributed by atoms with van der Waals surface area (Å²) in [6, 6.07) is 8.94. The number of nitrogens with zero attached hydrogens (tertiary/aromatic N) is 1. The second kappa shape index (κ2) is 6.19. The summed E-state index contributed by atoms with van der Waals surface area (Å²) in [5.74, 6) is -0.676. The molecule has 0 aliphatic heterocycles. The number of hydrogen-bond donors (Lipinski definition) is 1. The van der Waals surface area contributed by atoms with E-state index < -0.39 is 10.7 Å². The highest BCUT2D eigenvalue weighted by Crippen LogP contribution is 2.28. The fourth-order valence-electron chi connectivity index (χ4n) is 1.70. The fraction of sp³-hybridized carbons (Fsp3) is 0.0769. The van der Waals surface area contributed by atoms with Crippen molar-refractivity contribution in [3.63, 3.8) is 0 Å². The van der Waals surface area contributed by atoms with Gasteiger partial charge in [-0.05, 0) is 29.8 Å². The number of benzene rings is 2. The molecule has 0 fully saturated rings. The van der Waals surface area contributed by atoms with Gasteiger partial charge in [-0.15, -0.1) is 0 Å². The van der Waals surface area contributed by atoms with Gasteiger partial charge in [-0.25, -0.2) is 4.39 Å². The molecule has 0 atom stereocenters. The molecule has 7 heteroatoms. The highest BCUT2D eigenvalue weighted by Gasteiger charge is 2.17. The molecule has 0 aliphatic rings. The number of rotatable bonds is 4. The van der Waals surface area contributed by atoms with E-state index >= 15 is 0 Å². The average molecular weight is 360 g/mol. The quantitative estimate of drug-likeness (QED) is 0.632. The molecule has 0 heterocycles. The highest BCUT2D eigenvalue weighted by atomic mass is 79.9. The Hall–Kier alpha value is -1.66. The zero-order valence-corrected chi connectivity index (χ0v) is 12.4. The van der Waals surface area contributed by atoms with Gasteiger partial charge in [0.1, 0.15) is 5.69 Å². The predicted octanol–water partition coefficient (Wildman–Crippen LogP) is 4.76. The summed E-state index contributed by atoms with van der Waals surface area (Å²) in [6.45, 7) is 0.181. The van der Waals surface area contributed by atoms with Crippen LogP contribution in [0.5, 0.6) is 0 Å². The minimum atomic E-state index is -0.676. The van der Waals surface area contributed by atoms with Crippen LogP contribution < -0.4 is 5.32 Å². The molecular formula is C13H9BrClFN2O2. The number of nitro groups is 1. The van der Waals surface area contributed by atoms with Crippen molar-refractivity contribution in [3.05, 3.63) is 67.4 Å². The molecule has 4 nitrogen and oxygen atoms in total. The highest BCUT2D eigenvalue weighted by molar-refractivity contribution is 9.10. The molecule has 0 radical (unpaired) electrons. The van der Waals surface area contributed by atoms with Gasteiger partial charge in [0.25, 0.3) is 5.69 Å². The maximum atomic E-state index is 13.7. The Morgan fingerprint density at radius 2 is 2.10 bits per heavy atom. The van der Waals surface area contributed by atoms with Gasteiger partial charge in [-0.3, -0.25) is 10.1 Å². The zero-order valence-electron chi connectivity index (χ0n) is 10.1. The van der Waals surface area contributed by atoms with Crippen LogP contribution in [0.1, 0.15) is 5.56 Å². The first-order valence-electron chi connectivity index (χ1n) is 5.59. The normalized spacial score (nSPS) is 10.3. The Balaban J connectivity index is 2.27. The Kier molecular flexibility index (Phi) is 4.57. The lowest BCUT2D eigenvalue weighted by molar-refractivity contribution is -0.384. The smallest absolute Gasteiger partial charge is 0.295 e. The summed E-state index contributed by atoms with van der Waals surface area (Å²) in [4.78, 5) is 10.2. The molecule has 0 saturated carbocycles. The number of anilines is 1. The van der Waals surface area contributed by atoms with Crippen LogP contribution in [0.2, 0.25) is 5.02 Å². The predicted molar refractivity (Wildman–Crippen MR) is 79.5 cm³/mol. The minimum absolute atomic E-state index is 0.145. The van der Waals surface area contributed by atoms with Crippen LogP contribution in [-0.2, 0) is 6.54 Å². The van der Waals surface area contributed by atoms with E-state index in [1.54, 1.807) is 18.2 Å². The maximum absolute atomic E-state index is 13.7. The molecule has 20 heavy (non-hydrogen) atoms. The second-order valence-electron chi connectivity index (χ2n) is 3.98. The van der Waals surface area contributed by atoms with Crippen LogP contribution in [0.4, 0.5) is 15.8 Å². The van der Waals surface area contributed by atoms with Crippen LogP contribution >= 0.6 is 27.5 Å². The molecule has 0 unspecified atom stereocenters. The maximum Gasteiger partial charge on any atom is 0.295 e. The molecule has 0 amide bonds. The van der Waals surface area contributed by atoms with Crippen molar-refractivity contribution < 1.29 is 9.31 Å². The van der Waals surface area contributed by atoms with Crippen molar-refractivity contribution >= 4 is 38.9 Å². The third kappa shape index (κ3) is 3.26. The summed E-state index contributed by atoms with van der Waals surface area (Å²) >= 11 is 9.32. The standard InChI is InChI=1S/C13H9BrClFN2O2/c14-9-4-5-10(15)8(6-9)7-17-13-11(16)2-1-3-12(13)18(19)20/h1-6,17H,7H2. The largest absolute Gasteiger partial charge is 0.373 e. The van der Waals surface area contributed by atoms with E-state index in [1.807, 2.05) is 0 Å². The lowest BCUT2D eigenvalue weighted by Crippen LogP contribution is -2.05. The van der Waals surface area contributed by atoms with Gasteiger partial charge in [0.05, 0.1) is 4.92 Å². The van der Waals surface area contributed by atoms with Gasteiger partial charge in [-0.2, -0.15) is 0 Å². The van der Waals surface area contributed by atoms with E-state index in [4.69, 9.17) is 11.6 Å².